The van der Waals surface area contributed by atoms with Crippen molar-refractivity contribution in [3.05, 3.63) is 55.9 Å². The third-order valence-electron chi connectivity index (χ3n) is 6.82. The second-order valence-electron chi connectivity index (χ2n) is 10.9. The van der Waals surface area contributed by atoms with Gasteiger partial charge >= 0.3 is 12.1 Å². The number of thiophene rings is 1. The first-order chi connectivity index (χ1) is 18.4. The number of hydrogen-bond acceptors (Lipinski definition) is 6. The SMILES string of the molecule is CCOC(=O)c1cn(C2CC2)c2c(F)c(-c3cc4c(s3)C(NC(=O)OC(C)(C)C)CCC4)c(F)c([NH-])c2c1=O.[Ac]. The van der Waals surface area contributed by atoms with Gasteiger partial charge in [0, 0.05) is 71.4 Å². The Balaban J connectivity index is 0.00000370. The molecule has 0 aliphatic heterocycles. The van der Waals surface area contributed by atoms with E-state index in [-0.39, 0.29) is 84.3 Å². The Morgan fingerprint density at radius 2 is 1.90 bits per heavy atom. The van der Waals surface area contributed by atoms with E-state index >= 15 is 8.78 Å². The molecular weight excluding hydrogens is 755 g/mol. The van der Waals surface area contributed by atoms with Crippen LogP contribution in [0, 0.1) is 55.7 Å². The number of ether oxygens (including phenoxy) is 2. The zero-order valence-electron chi connectivity index (χ0n) is 22.8. The Bertz CT molecular complexity index is 1560. The number of fused-ring (bicyclic) bond motifs is 2. The Morgan fingerprint density at radius 1 is 1.20 bits per heavy atom. The van der Waals surface area contributed by atoms with Crippen molar-refractivity contribution < 1.29 is 71.9 Å². The quantitative estimate of drug-likeness (QED) is 0.278. The molecule has 2 aliphatic rings. The van der Waals surface area contributed by atoms with Crippen LogP contribution in [0.25, 0.3) is 27.1 Å². The number of halogens is 2. The van der Waals surface area contributed by atoms with E-state index < -0.39 is 45.8 Å². The van der Waals surface area contributed by atoms with Gasteiger partial charge in [-0.25, -0.2) is 18.4 Å². The maximum Gasteiger partial charge on any atom is 0.408 e. The predicted octanol–water partition coefficient (Wildman–Crippen LogP) is 7.11. The molecule has 211 valence electrons. The molecule has 1 radical (unpaired) electrons. The molecular formula is C28H30AcF2N3O5S-. The molecule has 40 heavy (non-hydrogen) atoms. The number of aromatic nitrogens is 1. The summed E-state index contributed by atoms with van der Waals surface area (Å²) in [5.41, 5.74) is 6.09. The first kappa shape index (κ1) is 30.9. The van der Waals surface area contributed by atoms with Crippen molar-refractivity contribution in [2.24, 2.45) is 0 Å². The number of carbonyl (C=O) groups excluding carboxylic acids is 2. The molecule has 1 aromatic carbocycles. The van der Waals surface area contributed by atoms with E-state index in [1.165, 1.54) is 10.8 Å². The first-order valence-electron chi connectivity index (χ1n) is 13.0. The summed E-state index contributed by atoms with van der Waals surface area (Å²) in [5.74, 6) is -3.01. The molecule has 1 atom stereocenters. The minimum Gasteiger partial charge on any atom is -0.696 e. The van der Waals surface area contributed by atoms with Crippen LogP contribution in [0.2, 0.25) is 0 Å². The van der Waals surface area contributed by atoms with Gasteiger partial charge in [0.2, 0.25) is 5.43 Å². The van der Waals surface area contributed by atoms with Crippen LogP contribution in [0.1, 0.15) is 86.3 Å². The van der Waals surface area contributed by atoms with Crippen LogP contribution >= 0.6 is 11.3 Å². The molecule has 0 bridgehead atoms. The molecule has 0 saturated heterocycles. The Kier molecular flexibility index (Phi) is 9.04. The smallest absolute Gasteiger partial charge is 0.408 e. The summed E-state index contributed by atoms with van der Waals surface area (Å²) in [5, 5.41) is 2.39. The fourth-order valence-electron chi connectivity index (χ4n) is 5.02. The summed E-state index contributed by atoms with van der Waals surface area (Å²) in [4.78, 5) is 39.1. The van der Waals surface area contributed by atoms with Crippen molar-refractivity contribution in [2.75, 3.05) is 6.61 Å². The molecule has 1 fully saturated rings. The summed E-state index contributed by atoms with van der Waals surface area (Å²) in [6.45, 7) is 6.92. The number of rotatable bonds is 5. The summed E-state index contributed by atoms with van der Waals surface area (Å²) < 4.78 is 43.9. The van der Waals surface area contributed by atoms with Crippen LogP contribution in [-0.4, -0.2) is 28.8 Å². The number of nitrogens with zero attached hydrogens (tertiary/aromatic N) is 1. The molecule has 8 nitrogen and oxygen atoms in total. The first-order valence-corrected chi connectivity index (χ1v) is 13.8. The summed E-state index contributed by atoms with van der Waals surface area (Å²) in [7, 11) is 0. The number of aryl methyl sites for hydroxylation is 1. The van der Waals surface area contributed by atoms with Crippen LogP contribution in [0.5, 0.6) is 0 Å². The van der Waals surface area contributed by atoms with Crippen molar-refractivity contribution in [2.45, 2.75) is 77.5 Å². The van der Waals surface area contributed by atoms with E-state index in [1.54, 1.807) is 33.8 Å². The van der Waals surface area contributed by atoms with Gasteiger partial charge in [0.05, 0.1) is 23.7 Å². The number of amides is 1. The molecule has 2 heterocycles. The average molecular weight is 786 g/mol. The van der Waals surface area contributed by atoms with Gasteiger partial charge in [0.25, 0.3) is 0 Å². The van der Waals surface area contributed by atoms with Crippen LogP contribution < -0.4 is 10.7 Å². The van der Waals surface area contributed by atoms with Crippen LogP contribution in [-0.2, 0) is 15.9 Å². The largest absolute Gasteiger partial charge is 0.696 e. The van der Waals surface area contributed by atoms with Crippen LogP contribution in [0.15, 0.2) is 17.1 Å². The summed E-state index contributed by atoms with van der Waals surface area (Å²) in [6.07, 6.45) is 4.20. The zero-order chi connectivity index (χ0) is 28.2. The van der Waals surface area contributed by atoms with Crippen molar-refractivity contribution in [3.8, 4) is 10.4 Å². The van der Waals surface area contributed by atoms with Gasteiger partial charge in [-0.2, -0.15) is 0 Å². The summed E-state index contributed by atoms with van der Waals surface area (Å²) >= 11 is 1.16. The van der Waals surface area contributed by atoms with E-state index in [4.69, 9.17) is 15.2 Å². The number of esters is 1. The predicted molar refractivity (Wildman–Crippen MR) is 145 cm³/mol. The van der Waals surface area contributed by atoms with Crippen LogP contribution in [0.4, 0.5) is 19.3 Å². The molecule has 2 aromatic heterocycles. The fraction of sp³-hybridized carbons (Fsp3) is 0.464. The molecule has 12 heteroatoms. The number of benzene rings is 1. The molecule has 0 spiro atoms. The van der Waals surface area contributed by atoms with Gasteiger partial charge in [-0.15, -0.1) is 11.3 Å². The number of hydrogen-bond donors (Lipinski definition) is 1. The topological polar surface area (TPSA) is 110 Å². The molecule has 5 rings (SSSR count). The van der Waals surface area contributed by atoms with E-state index in [0.717, 1.165) is 28.2 Å². The minimum absolute atomic E-state index is 0. The van der Waals surface area contributed by atoms with E-state index in [1.807, 2.05) is 0 Å². The Labute approximate surface area is 270 Å². The van der Waals surface area contributed by atoms with Crippen molar-refractivity contribution in [1.82, 2.24) is 9.88 Å². The Morgan fingerprint density at radius 3 is 2.52 bits per heavy atom. The van der Waals surface area contributed by atoms with Gasteiger partial charge < -0.3 is 25.1 Å². The second kappa shape index (κ2) is 11.7. The second-order valence-corrected chi connectivity index (χ2v) is 12.0. The minimum atomic E-state index is -1.17. The Hall–Kier alpha value is -2.03. The van der Waals surface area contributed by atoms with Gasteiger partial charge in [-0.3, -0.25) is 4.79 Å². The maximum atomic E-state index is 16.3. The van der Waals surface area contributed by atoms with E-state index in [9.17, 15) is 14.4 Å². The maximum absolute atomic E-state index is 16.3. The van der Waals surface area contributed by atoms with Crippen LogP contribution in [0.3, 0.4) is 0 Å². The zero-order valence-corrected chi connectivity index (χ0v) is 28.3. The molecule has 1 saturated carbocycles. The number of alkyl carbamates (subject to hydrolysis) is 1. The van der Waals surface area contributed by atoms with E-state index in [2.05, 4.69) is 5.32 Å². The number of carbonyl (C=O) groups is 2. The average Bonchev–Trinajstić information content (AvgIpc) is 3.60. The van der Waals surface area contributed by atoms with Crippen molar-refractivity contribution >= 4 is 40.0 Å². The van der Waals surface area contributed by atoms with Gasteiger partial charge in [0.15, 0.2) is 5.82 Å². The van der Waals surface area contributed by atoms with Crippen molar-refractivity contribution in [3.63, 3.8) is 0 Å². The molecule has 2 aliphatic carbocycles. The van der Waals surface area contributed by atoms with Gasteiger partial charge in [-0.05, 0) is 71.4 Å². The van der Waals surface area contributed by atoms with E-state index in [0.29, 0.717) is 25.7 Å². The fourth-order valence-corrected chi connectivity index (χ4v) is 6.35. The van der Waals surface area contributed by atoms with Gasteiger partial charge in [-0.1, -0.05) is 5.69 Å². The standard InChI is InChI=1S/C28H31F2N3O5S.Ac/c1-5-37-26(35)15-12-33(14-9-10-14)23-19(24(15)34)22(31)20(29)18(21(23)30)17-11-13-7-6-8-16(25(13)39-17)32-27(36)38-28(2,3)4;/h11-12,14,16H,5-10H2,1-4H3,(H3,31,32,34,36);/p-1. The monoisotopic (exact) mass is 785 g/mol. The number of nitrogens with one attached hydrogen (secondary N) is 2. The molecule has 2 N–H and O–H groups in total. The molecule has 1 amide bonds. The number of pyridine rings is 1. The third kappa shape index (κ3) is 5.82. The van der Waals surface area contributed by atoms with Gasteiger partial charge in [0.1, 0.15) is 17.0 Å². The van der Waals surface area contributed by atoms with Crippen molar-refractivity contribution in [1.29, 1.82) is 0 Å². The molecule has 3 aromatic rings. The molecule has 1 unspecified atom stereocenters. The normalized spacial score (nSPS) is 16.7. The summed E-state index contributed by atoms with van der Waals surface area (Å²) in [6, 6.07) is 1.15. The third-order valence-corrected chi connectivity index (χ3v) is 8.13.